The molecule has 1 aromatic rings. The first kappa shape index (κ1) is 12.1. The molecule has 0 radical (unpaired) electrons. The minimum atomic E-state index is 0. The minimum absolute atomic E-state index is 0. The third kappa shape index (κ3) is 3.55. The van der Waals surface area contributed by atoms with Gasteiger partial charge in [0.15, 0.2) is 0 Å². The quantitative estimate of drug-likeness (QED) is 0.747. The summed E-state index contributed by atoms with van der Waals surface area (Å²) in [6.07, 6.45) is 0.200. The van der Waals surface area contributed by atoms with Crippen LogP contribution in [0, 0.1) is 6.92 Å². The Morgan fingerprint density at radius 1 is 1.31 bits per heavy atom. The van der Waals surface area contributed by atoms with Crippen molar-refractivity contribution in [1.82, 2.24) is 0 Å². The summed E-state index contributed by atoms with van der Waals surface area (Å²) in [6.45, 7) is 6.02. The van der Waals surface area contributed by atoms with Gasteiger partial charge in [-0.25, -0.2) is 0 Å². The van der Waals surface area contributed by atoms with Crippen molar-refractivity contribution < 1.29 is 4.74 Å². The van der Waals surface area contributed by atoms with E-state index in [0.29, 0.717) is 0 Å². The van der Waals surface area contributed by atoms with E-state index < -0.39 is 0 Å². The number of aryl methyl sites for hydroxylation is 1. The zero-order chi connectivity index (χ0) is 9.14. The summed E-state index contributed by atoms with van der Waals surface area (Å²) >= 11 is 0. The highest BCUT2D eigenvalue weighted by atomic mass is 35.5. The second kappa shape index (κ2) is 4.97. The molecule has 74 valence electrons. The summed E-state index contributed by atoms with van der Waals surface area (Å²) in [5.41, 5.74) is 7.49. The summed E-state index contributed by atoms with van der Waals surface area (Å²) in [5, 5.41) is 0. The van der Waals surface area contributed by atoms with E-state index in [9.17, 15) is 0 Å². The van der Waals surface area contributed by atoms with Crippen molar-refractivity contribution in [2.24, 2.45) is 0 Å². The van der Waals surface area contributed by atoms with E-state index >= 15 is 0 Å². The van der Waals surface area contributed by atoms with Gasteiger partial charge < -0.3 is 10.5 Å². The molecule has 13 heavy (non-hydrogen) atoms. The molecule has 2 N–H and O–H groups in total. The van der Waals surface area contributed by atoms with Crippen molar-refractivity contribution in [3.63, 3.8) is 0 Å². The molecule has 0 saturated carbocycles. The van der Waals surface area contributed by atoms with Gasteiger partial charge in [0.2, 0.25) is 0 Å². The fourth-order valence-corrected chi connectivity index (χ4v) is 0.998. The van der Waals surface area contributed by atoms with Crippen LogP contribution in [-0.2, 0) is 0 Å². The van der Waals surface area contributed by atoms with E-state index in [0.717, 1.165) is 17.0 Å². The van der Waals surface area contributed by atoms with Crippen LogP contribution in [0.4, 0.5) is 5.69 Å². The fraction of sp³-hybridized carbons (Fsp3) is 0.400. The lowest BCUT2D eigenvalue weighted by atomic mass is 10.2. The van der Waals surface area contributed by atoms with E-state index in [1.807, 2.05) is 39.0 Å². The number of hydrogen-bond acceptors (Lipinski definition) is 2. The summed E-state index contributed by atoms with van der Waals surface area (Å²) in [5.74, 6) is 0.880. The molecule has 0 amide bonds. The predicted octanol–water partition coefficient (Wildman–Crippen LogP) is 2.79. The normalized spacial score (nSPS) is 9.54. The van der Waals surface area contributed by atoms with Gasteiger partial charge in [-0.1, -0.05) is 6.07 Å². The van der Waals surface area contributed by atoms with Crippen LogP contribution in [0.15, 0.2) is 18.2 Å². The van der Waals surface area contributed by atoms with Gasteiger partial charge in [-0.05, 0) is 32.4 Å². The van der Waals surface area contributed by atoms with E-state index in [4.69, 9.17) is 10.5 Å². The highest BCUT2D eigenvalue weighted by molar-refractivity contribution is 5.85. The lowest BCUT2D eigenvalue weighted by Crippen LogP contribution is -2.06. The number of benzene rings is 1. The molecule has 2 nitrogen and oxygen atoms in total. The molecule has 1 aromatic carbocycles. The molecule has 0 bridgehead atoms. The highest BCUT2D eigenvalue weighted by Gasteiger charge is 2.01. The molecule has 0 atom stereocenters. The molecule has 0 heterocycles. The third-order valence-corrected chi connectivity index (χ3v) is 1.57. The minimum Gasteiger partial charge on any atom is -0.491 e. The molecule has 1 rings (SSSR count). The Bertz CT molecular complexity index is 274. The molecule has 3 heteroatoms. The Kier molecular flexibility index (Phi) is 4.63. The molecule has 0 fully saturated rings. The molecule has 0 aliphatic carbocycles. The number of nitrogen functional groups attached to an aromatic ring is 1. The number of halogens is 1. The number of rotatable bonds is 2. The smallest absolute Gasteiger partial charge is 0.124 e. The first-order chi connectivity index (χ1) is 5.59. The maximum atomic E-state index is 5.62. The molecule has 0 saturated heterocycles. The van der Waals surface area contributed by atoms with Gasteiger partial charge in [-0.15, -0.1) is 12.4 Å². The van der Waals surface area contributed by atoms with Crippen LogP contribution in [-0.4, -0.2) is 6.10 Å². The monoisotopic (exact) mass is 201 g/mol. The van der Waals surface area contributed by atoms with E-state index in [2.05, 4.69) is 0 Å². The van der Waals surface area contributed by atoms with Crippen LogP contribution >= 0.6 is 12.4 Å². The van der Waals surface area contributed by atoms with Crippen molar-refractivity contribution in [3.8, 4) is 5.75 Å². The average molecular weight is 202 g/mol. The Labute approximate surface area is 85.5 Å². The van der Waals surface area contributed by atoms with Gasteiger partial charge in [0.25, 0.3) is 0 Å². The zero-order valence-corrected chi connectivity index (χ0v) is 9.02. The van der Waals surface area contributed by atoms with Gasteiger partial charge in [0.1, 0.15) is 5.75 Å². The molecule has 0 unspecified atom stereocenters. The van der Waals surface area contributed by atoms with Crippen LogP contribution in [0.1, 0.15) is 19.4 Å². The van der Waals surface area contributed by atoms with Crippen LogP contribution < -0.4 is 10.5 Å². The summed E-state index contributed by atoms with van der Waals surface area (Å²) in [6, 6.07) is 5.70. The standard InChI is InChI=1S/C10H15NO.ClH/c1-7(2)12-10-6-9(11)5-4-8(10)3;/h4-7H,11H2,1-3H3;1H. The fourth-order valence-electron chi connectivity index (χ4n) is 0.998. The molecule has 0 aromatic heterocycles. The number of nitrogens with two attached hydrogens (primary N) is 1. The third-order valence-electron chi connectivity index (χ3n) is 1.57. The van der Waals surface area contributed by atoms with Gasteiger partial charge in [-0.3, -0.25) is 0 Å². The molecular formula is C10H16ClNO. The average Bonchev–Trinajstić information content (AvgIpc) is 1.96. The Hall–Kier alpha value is -0.890. The Balaban J connectivity index is 0.00000144. The van der Waals surface area contributed by atoms with Crippen LogP contribution in [0.2, 0.25) is 0 Å². The van der Waals surface area contributed by atoms with Gasteiger partial charge in [0.05, 0.1) is 6.10 Å². The van der Waals surface area contributed by atoms with Gasteiger partial charge >= 0.3 is 0 Å². The zero-order valence-electron chi connectivity index (χ0n) is 8.20. The first-order valence-electron chi connectivity index (χ1n) is 4.12. The van der Waals surface area contributed by atoms with Crippen molar-refractivity contribution in [2.45, 2.75) is 26.9 Å². The summed E-state index contributed by atoms with van der Waals surface area (Å²) < 4.78 is 5.55. The lowest BCUT2D eigenvalue weighted by molar-refractivity contribution is 0.241. The highest BCUT2D eigenvalue weighted by Crippen LogP contribution is 2.21. The lowest BCUT2D eigenvalue weighted by Gasteiger charge is -2.12. The van der Waals surface area contributed by atoms with E-state index in [1.165, 1.54) is 0 Å². The largest absolute Gasteiger partial charge is 0.491 e. The molecular weight excluding hydrogens is 186 g/mol. The number of ether oxygens (including phenoxy) is 1. The van der Waals surface area contributed by atoms with Gasteiger partial charge in [-0.2, -0.15) is 0 Å². The van der Waals surface area contributed by atoms with Crippen LogP contribution in [0.25, 0.3) is 0 Å². The maximum Gasteiger partial charge on any atom is 0.124 e. The molecule has 0 aliphatic rings. The second-order valence-corrected chi connectivity index (χ2v) is 3.19. The summed E-state index contributed by atoms with van der Waals surface area (Å²) in [4.78, 5) is 0. The van der Waals surface area contributed by atoms with Crippen LogP contribution in [0.3, 0.4) is 0 Å². The van der Waals surface area contributed by atoms with Crippen molar-refractivity contribution in [2.75, 3.05) is 5.73 Å². The van der Waals surface area contributed by atoms with Crippen molar-refractivity contribution in [1.29, 1.82) is 0 Å². The van der Waals surface area contributed by atoms with Gasteiger partial charge in [0, 0.05) is 11.8 Å². The van der Waals surface area contributed by atoms with Crippen LogP contribution in [0.5, 0.6) is 5.75 Å². The SMILES string of the molecule is Cc1ccc(N)cc1OC(C)C.Cl. The summed E-state index contributed by atoms with van der Waals surface area (Å²) in [7, 11) is 0. The first-order valence-corrected chi connectivity index (χ1v) is 4.12. The predicted molar refractivity (Wildman–Crippen MR) is 58.6 cm³/mol. The topological polar surface area (TPSA) is 35.2 Å². The van der Waals surface area contributed by atoms with E-state index in [1.54, 1.807) is 0 Å². The number of anilines is 1. The maximum absolute atomic E-state index is 5.62. The molecule has 0 spiro atoms. The molecule has 0 aliphatic heterocycles. The number of hydrogen-bond donors (Lipinski definition) is 1. The second-order valence-electron chi connectivity index (χ2n) is 3.19. The van der Waals surface area contributed by atoms with Crippen molar-refractivity contribution in [3.05, 3.63) is 23.8 Å². The van der Waals surface area contributed by atoms with E-state index in [-0.39, 0.29) is 18.5 Å². The van der Waals surface area contributed by atoms with Crippen molar-refractivity contribution >= 4 is 18.1 Å². The Morgan fingerprint density at radius 3 is 2.46 bits per heavy atom. The Morgan fingerprint density at radius 2 is 1.92 bits per heavy atom.